The number of rotatable bonds is 6. The van der Waals surface area contributed by atoms with E-state index in [1.807, 2.05) is 82.3 Å². The lowest BCUT2D eigenvalue weighted by molar-refractivity contribution is 0.0914. The number of benzene rings is 2. The lowest BCUT2D eigenvalue weighted by atomic mass is 10.1. The first-order chi connectivity index (χ1) is 13.9. The van der Waals surface area contributed by atoms with Crippen molar-refractivity contribution in [2.45, 2.75) is 33.2 Å². The summed E-state index contributed by atoms with van der Waals surface area (Å²) in [6.07, 6.45) is 0. The van der Waals surface area contributed by atoms with E-state index in [-0.39, 0.29) is 11.4 Å². The quantitative estimate of drug-likeness (QED) is 0.631. The van der Waals surface area contributed by atoms with Gasteiger partial charge in [-0.15, -0.1) is 0 Å². The highest BCUT2D eigenvalue weighted by atomic mass is 16.5. The molecule has 0 radical (unpaired) electrons. The number of carbonyl (C=O) groups is 1. The molecule has 0 bridgehead atoms. The number of amides is 1. The van der Waals surface area contributed by atoms with Gasteiger partial charge in [-0.05, 0) is 39.8 Å². The number of aromatic nitrogens is 2. The van der Waals surface area contributed by atoms with Crippen LogP contribution < -0.4 is 15.4 Å². The Hall–Kier alpha value is -3.41. The largest absolute Gasteiger partial charge is 0.492 e. The third-order valence-corrected chi connectivity index (χ3v) is 3.93. The molecule has 1 heterocycles. The summed E-state index contributed by atoms with van der Waals surface area (Å²) in [6.45, 7) is 8.28. The highest BCUT2D eigenvalue weighted by Crippen LogP contribution is 2.28. The Morgan fingerprint density at radius 1 is 1.00 bits per heavy atom. The Morgan fingerprint density at radius 3 is 2.38 bits per heavy atom. The molecule has 0 fully saturated rings. The van der Waals surface area contributed by atoms with Crippen LogP contribution in [0.3, 0.4) is 0 Å². The van der Waals surface area contributed by atoms with Crippen molar-refractivity contribution in [3.8, 4) is 17.1 Å². The zero-order valence-electron chi connectivity index (χ0n) is 17.2. The first-order valence-electron chi connectivity index (χ1n) is 9.61. The van der Waals surface area contributed by atoms with Gasteiger partial charge in [0.05, 0.1) is 12.3 Å². The Balaban J connectivity index is 2.02. The molecule has 6 heteroatoms. The molecule has 3 rings (SSSR count). The molecule has 0 unspecified atom stereocenters. The van der Waals surface area contributed by atoms with Gasteiger partial charge < -0.3 is 15.4 Å². The molecule has 150 valence electrons. The number of anilines is 2. The molecule has 2 N–H and O–H groups in total. The predicted octanol–water partition coefficient (Wildman–Crippen LogP) is 4.81. The van der Waals surface area contributed by atoms with E-state index in [0.717, 1.165) is 17.0 Å². The number of nitrogens with one attached hydrogen (secondary N) is 2. The summed E-state index contributed by atoms with van der Waals surface area (Å²) >= 11 is 0. The van der Waals surface area contributed by atoms with Gasteiger partial charge in [0.2, 0.25) is 0 Å². The SMILES string of the molecule is CCOc1ccccc1Nc1cc(C(=O)NC(C)(C)C)nc(-c2ccccc2)n1. The van der Waals surface area contributed by atoms with Crippen molar-refractivity contribution in [2.75, 3.05) is 11.9 Å². The number of hydrogen-bond acceptors (Lipinski definition) is 5. The number of hydrogen-bond donors (Lipinski definition) is 2. The summed E-state index contributed by atoms with van der Waals surface area (Å²) in [4.78, 5) is 21.9. The molecule has 1 aromatic heterocycles. The van der Waals surface area contributed by atoms with Crippen molar-refractivity contribution in [3.05, 3.63) is 66.4 Å². The molecule has 0 aliphatic heterocycles. The fourth-order valence-electron chi connectivity index (χ4n) is 2.74. The van der Waals surface area contributed by atoms with Crippen LogP contribution in [0.25, 0.3) is 11.4 Å². The van der Waals surface area contributed by atoms with Crippen LogP contribution in [-0.2, 0) is 0 Å². The fraction of sp³-hybridized carbons (Fsp3) is 0.261. The summed E-state index contributed by atoms with van der Waals surface area (Å²) in [5.74, 6) is 1.46. The number of ether oxygens (including phenoxy) is 1. The van der Waals surface area contributed by atoms with Gasteiger partial charge in [-0.1, -0.05) is 42.5 Å². The smallest absolute Gasteiger partial charge is 0.270 e. The monoisotopic (exact) mass is 390 g/mol. The summed E-state index contributed by atoms with van der Waals surface area (Å²) in [5.41, 5.74) is 1.53. The summed E-state index contributed by atoms with van der Waals surface area (Å²) in [7, 11) is 0. The molecular formula is C23H26N4O2. The van der Waals surface area contributed by atoms with E-state index >= 15 is 0 Å². The first kappa shape index (κ1) is 20.3. The van der Waals surface area contributed by atoms with Crippen molar-refractivity contribution < 1.29 is 9.53 Å². The highest BCUT2D eigenvalue weighted by Gasteiger charge is 2.19. The zero-order valence-corrected chi connectivity index (χ0v) is 17.2. The van der Waals surface area contributed by atoms with Gasteiger partial charge in [-0.2, -0.15) is 0 Å². The minimum Gasteiger partial charge on any atom is -0.492 e. The maximum Gasteiger partial charge on any atom is 0.270 e. The van der Waals surface area contributed by atoms with Crippen LogP contribution in [0, 0.1) is 0 Å². The van der Waals surface area contributed by atoms with Gasteiger partial charge >= 0.3 is 0 Å². The molecule has 6 nitrogen and oxygen atoms in total. The van der Waals surface area contributed by atoms with Gasteiger partial charge in [-0.3, -0.25) is 4.79 Å². The minimum absolute atomic E-state index is 0.252. The van der Waals surface area contributed by atoms with Gasteiger partial charge in [0.25, 0.3) is 5.91 Å². The van der Waals surface area contributed by atoms with E-state index in [1.165, 1.54) is 0 Å². The summed E-state index contributed by atoms with van der Waals surface area (Å²) in [6, 6.07) is 18.9. The zero-order chi connectivity index (χ0) is 20.9. The number of para-hydroxylation sites is 2. The van der Waals surface area contributed by atoms with E-state index < -0.39 is 0 Å². The summed E-state index contributed by atoms with van der Waals surface area (Å²) < 4.78 is 5.68. The van der Waals surface area contributed by atoms with Crippen LogP contribution in [0.2, 0.25) is 0 Å². The van der Waals surface area contributed by atoms with E-state index in [1.54, 1.807) is 6.07 Å². The lowest BCUT2D eigenvalue weighted by Gasteiger charge is -2.20. The van der Waals surface area contributed by atoms with Crippen molar-refractivity contribution in [1.82, 2.24) is 15.3 Å². The van der Waals surface area contributed by atoms with Gasteiger partial charge in [0.1, 0.15) is 17.3 Å². The average Bonchev–Trinajstić information content (AvgIpc) is 2.69. The molecule has 0 spiro atoms. The standard InChI is InChI=1S/C23H26N4O2/c1-5-29-19-14-10-9-13-17(19)24-20-15-18(22(28)27-23(2,3)4)25-21(26-20)16-11-7-6-8-12-16/h6-15H,5H2,1-4H3,(H,27,28)(H,24,25,26). The molecular weight excluding hydrogens is 364 g/mol. The van der Waals surface area contributed by atoms with E-state index in [0.29, 0.717) is 23.9 Å². The van der Waals surface area contributed by atoms with Crippen LogP contribution in [-0.4, -0.2) is 28.0 Å². The Bertz CT molecular complexity index is 982. The van der Waals surface area contributed by atoms with E-state index in [9.17, 15) is 4.79 Å². The third kappa shape index (κ3) is 5.54. The number of nitrogens with zero attached hydrogens (tertiary/aromatic N) is 2. The molecule has 0 aliphatic carbocycles. The van der Waals surface area contributed by atoms with Crippen LogP contribution >= 0.6 is 0 Å². The van der Waals surface area contributed by atoms with Crippen LogP contribution in [0.1, 0.15) is 38.2 Å². The second-order valence-corrected chi connectivity index (χ2v) is 7.59. The van der Waals surface area contributed by atoms with Crippen molar-refractivity contribution in [2.24, 2.45) is 0 Å². The predicted molar refractivity (Wildman–Crippen MR) is 116 cm³/mol. The Kier molecular flexibility index (Phi) is 6.12. The molecule has 2 aromatic carbocycles. The van der Waals surface area contributed by atoms with E-state index in [4.69, 9.17) is 4.74 Å². The van der Waals surface area contributed by atoms with Crippen LogP contribution in [0.4, 0.5) is 11.5 Å². The lowest BCUT2D eigenvalue weighted by Crippen LogP contribution is -2.41. The second-order valence-electron chi connectivity index (χ2n) is 7.59. The maximum atomic E-state index is 12.8. The van der Waals surface area contributed by atoms with Crippen molar-refractivity contribution in [1.29, 1.82) is 0 Å². The topological polar surface area (TPSA) is 76.1 Å². The Morgan fingerprint density at radius 2 is 1.69 bits per heavy atom. The molecule has 0 aliphatic rings. The van der Waals surface area contributed by atoms with Crippen LogP contribution in [0.15, 0.2) is 60.7 Å². The third-order valence-electron chi connectivity index (χ3n) is 3.93. The molecule has 3 aromatic rings. The maximum absolute atomic E-state index is 12.8. The molecule has 0 saturated heterocycles. The number of carbonyl (C=O) groups excluding carboxylic acids is 1. The first-order valence-corrected chi connectivity index (χ1v) is 9.61. The minimum atomic E-state index is -0.371. The summed E-state index contributed by atoms with van der Waals surface area (Å²) in [5, 5.41) is 6.22. The second kappa shape index (κ2) is 8.73. The van der Waals surface area contributed by atoms with Crippen molar-refractivity contribution >= 4 is 17.4 Å². The molecule has 29 heavy (non-hydrogen) atoms. The Labute approximate surface area is 171 Å². The van der Waals surface area contributed by atoms with Gasteiger partial charge in [0, 0.05) is 17.2 Å². The molecule has 1 amide bonds. The normalized spacial score (nSPS) is 11.0. The van der Waals surface area contributed by atoms with Gasteiger partial charge in [0.15, 0.2) is 5.82 Å². The van der Waals surface area contributed by atoms with E-state index in [2.05, 4.69) is 20.6 Å². The van der Waals surface area contributed by atoms with Crippen molar-refractivity contribution in [3.63, 3.8) is 0 Å². The average molecular weight is 390 g/mol. The fourth-order valence-corrected chi connectivity index (χ4v) is 2.74. The molecule has 0 saturated carbocycles. The molecule has 0 atom stereocenters. The highest BCUT2D eigenvalue weighted by molar-refractivity contribution is 5.94. The van der Waals surface area contributed by atoms with Crippen LogP contribution in [0.5, 0.6) is 5.75 Å². The van der Waals surface area contributed by atoms with Gasteiger partial charge in [-0.25, -0.2) is 9.97 Å².